The van der Waals surface area contributed by atoms with Crippen LogP contribution in [-0.4, -0.2) is 11.1 Å². The van der Waals surface area contributed by atoms with Crippen LogP contribution in [0.4, 0.5) is 0 Å². The number of hydrogen-bond acceptors (Lipinski definition) is 1. The van der Waals surface area contributed by atoms with E-state index < -0.39 is 5.97 Å². The Morgan fingerprint density at radius 3 is 2.67 bits per heavy atom. The van der Waals surface area contributed by atoms with Gasteiger partial charge in [-0.05, 0) is 24.5 Å². The van der Waals surface area contributed by atoms with E-state index in [9.17, 15) is 4.79 Å². The molecule has 0 aliphatic heterocycles. The highest BCUT2D eigenvalue weighted by molar-refractivity contribution is 5.70. The Bertz CT molecular complexity index is 436. The Morgan fingerprint density at radius 2 is 2.13 bits per heavy atom. The third-order valence-corrected chi connectivity index (χ3v) is 3.00. The zero-order valence-electron chi connectivity index (χ0n) is 8.36. The average Bonchev–Trinajstić information content (AvgIpc) is 2.98. The van der Waals surface area contributed by atoms with Crippen LogP contribution in [0.15, 0.2) is 24.3 Å². The van der Waals surface area contributed by atoms with Crippen LogP contribution in [-0.2, 0) is 10.2 Å². The standard InChI is InChI=1S/C13H12O2/c1-2-10-5-3-4-6-11(10)13(7-8-13)9-12(14)15/h1,3-6H,7-9H2,(H,14,15). The van der Waals surface area contributed by atoms with E-state index >= 15 is 0 Å². The fourth-order valence-electron chi connectivity index (χ4n) is 2.05. The summed E-state index contributed by atoms with van der Waals surface area (Å²) in [6.45, 7) is 0. The minimum atomic E-state index is -0.751. The topological polar surface area (TPSA) is 37.3 Å². The first kappa shape index (κ1) is 9.79. The van der Waals surface area contributed by atoms with Crippen molar-refractivity contribution in [2.24, 2.45) is 0 Å². The first-order valence-electron chi connectivity index (χ1n) is 4.96. The molecular weight excluding hydrogens is 188 g/mol. The lowest BCUT2D eigenvalue weighted by atomic mass is 9.89. The molecule has 0 amide bonds. The molecule has 2 heteroatoms. The van der Waals surface area contributed by atoms with E-state index in [2.05, 4.69) is 5.92 Å². The highest BCUT2D eigenvalue weighted by atomic mass is 16.4. The largest absolute Gasteiger partial charge is 0.481 e. The lowest BCUT2D eigenvalue weighted by molar-refractivity contribution is -0.137. The maximum absolute atomic E-state index is 10.8. The van der Waals surface area contributed by atoms with Crippen LogP contribution < -0.4 is 0 Å². The van der Waals surface area contributed by atoms with E-state index in [1.54, 1.807) is 0 Å². The van der Waals surface area contributed by atoms with Crippen molar-refractivity contribution in [2.45, 2.75) is 24.7 Å². The number of benzene rings is 1. The van der Waals surface area contributed by atoms with E-state index in [4.69, 9.17) is 11.5 Å². The van der Waals surface area contributed by atoms with Crippen molar-refractivity contribution < 1.29 is 9.90 Å². The molecule has 1 saturated carbocycles. The fraction of sp³-hybridized carbons (Fsp3) is 0.308. The first-order valence-corrected chi connectivity index (χ1v) is 4.96. The van der Waals surface area contributed by atoms with E-state index in [1.165, 1.54) is 0 Å². The fourth-order valence-corrected chi connectivity index (χ4v) is 2.05. The van der Waals surface area contributed by atoms with Crippen molar-refractivity contribution in [3.63, 3.8) is 0 Å². The molecule has 0 aromatic heterocycles. The van der Waals surface area contributed by atoms with Crippen LogP contribution in [0.5, 0.6) is 0 Å². The Labute approximate surface area is 88.9 Å². The molecule has 0 bridgehead atoms. The normalized spacial score (nSPS) is 16.7. The van der Waals surface area contributed by atoms with Crippen LogP contribution in [0.25, 0.3) is 0 Å². The van der Waals surface area contributed by atoms with Crippen LogP contribution >= 0.6 is 0 Å². The molecule has 1 aliphatic rings. The molecule has 1 N–H and O–H groups in total. The van der Waals surface area contributed by atoms with Gasteiger partial charge >= 0.3 is 5.97 Å². The van der Waals surface area contributed by atoms with Gasteiger partial charge in [0.2, 0.25) is 0 Å². The molecule has 1 aromatic rings. The lowest BCUT2D eigenvalue weighted by Gasteiger charge is -2.14. The minimum Gasteiger partial charge on any atom is -0.481 e. The summed E-state index contributed by atoms with van der Waals surface area (Å²) in [6, 6.07) is 7.62. The third kappa shape index (κ3) is 1.73. The molecule has 0 atom stereocenters. The summed E-state index contributed by atoms with van der Waals surface area (Å²) in [4.78, 5) is 10.8. The van der Waals surface area contributed by atoms with Crippen molar-refractivity contribution in [3.05, 3.63) is 35.4 Å². The molecule has 0 saturated heterocycles. The van der Waals surface area contributed by atoms with Gasteiger partial charge in [0, 0.05) is 11.0 Å². The van der Waals surface area contributed by atoms with Gasteiger partial charge in [-0.15, -0.1) is 6.42 Å². The number of carboxylic acids is 1. The SMILES string of the molecule is C#Cc1ccccc1C1(CC(=O)O)CC1. The second-order valence-electron chi connectivity index (χ2n) is 4.04. The summed E-state index contributed by atoms with van der Waals surface area (Å²) in [7, 11) is 0. The molecule has 2 rings (SSSR count). The van der Waals surface area contributed by atoms with Crippen molar-refractivity contribution in [1.82, 2.24) is 0 Å². The van der Waals surface area contributed by atoms with Crippen molar-refractivity contribution >= 4 is 5.97 Å². The molecule has 0 spiro atoms. The number of hydrogen-bond donors (Lipinski definition) is 1. The molecule has 1 aliphatic carbocycles. The molecule has 0 heterocycles. The second kappa shape index (κ2) is 3.43. The monoisotopic (exact) mass is 200 g/mol. The highest BCUT2D eigenvalue weighted by Gasteiger charge is 2.46. The number of carboxylic acid groups (broad SMARTS) is 1. The number of rotatable bonds is 3. The van der Waals surface area contributed by atoms with Gasteiger partial charge in [-0.1, -0.05) is 24.1 Å². The van der Waals surface area contributed by atoms with E-state index in [1.807, 2.05) is 24.3 Å². The van der Waals surface area contributed by atoms with E-state index in [-0.39, 0.29) is 11.8 Å². The van der Waals surface area contributed by atoms with Crippen molar-refractivity contribution in [2.75, 3.05) is 0 Å². The lowest BCUT2D eigenvalue weighted by Crippen LogP contribution is -2.14. The van der Waals surface area contributed by atoms with Crippen LogP contribution in [0, 0.1) is 12.3 Å². The van der Waals surface area contributed by atoms with Gasteiger partial charge in [-0.2, -0.15) is 0 Å². The van der Waals surface area contributed by atoms with Gasteiger partial charge in [-0.3, -0.25) is 4.79 Å². The van der Waals surface area contributed by atoms with Crippen LogP contribution in [0.2, 0.25) is 0 Å². The van der Waals surface area contributed by atoms with Gasteiger partial charge < -0.3 is 5.11 Å². The number of carbonyl (C=O) groups is 1. The minimum absolute atomic E-state index is 0.186. The Kier molecular flexibility index (Phi) is 2.24. The number of aliphatic carboxylic acids is 1. The first-order chi connectivity index (χ1) is 7.18. The predicted octanol–water partition coefficient (Wildman–Crippen LogP) is 2.17. The van der Waals surface area contributed by atoms with Gasteiger partial charge in [-0.25, -0.2) is 0 Å². The van der Waals surface area contributed by atoms with E-state index in [0.717, 1.165) is 24.0 Å². The summed E-state index contributed by atoms with van der Waals surface area (Å²) in [5.74, 6) is 1.87. The average molecular weight is 200 g/mol. The third-order valence-electron chi connectivity index (χ3n) is 3.00. The summed E-state index contributed by atoms with van der Waals surface area (Å²) in [5.41, 5.74) is 1.67. The van der Waals surface area contributed by atoms with Crippen LogP contribution in [0.1, 0.15) is 30.4 Å². The summed E-state index contributed by atoms with van der Waals surface area (Å²) in [5, 5.41) is 8.86. The summed E-state index contributed by atoms with van der Waals surface area (Å²) < 4.78 is 0. The Hall–Kier alpha value is -1.75. The van der Waals surface area contributed by atoms with Gasteiger partial charge in [0.1, 0.15) is 0 Å². The Balaban J connectivity index is 2.38. The molecule has 1 fully saturated rings. The number of terminal acetylenes is 1. The molecule has 15 heavy (non-hydrogen) atoms. The van der Waals surface area contributed by atoms with E-state index in [0.29, 0.717) is 0 Å². The Morgan fingerprint density at radius 1 is 1.47 bits per heavy atom. The zero-order valence-corrected chi connectivity index (χ0v) is 8.36. The van der Waals surface area contributed by atoms with Gasteiger partial charge in [0.15, 0.2) is 0 Å². The van der Waals surface area contributed by atoms with Crippen molar-refractivity contribution in [3.8, 4) is 12.3 Å². The molecule has 0 unspecified atom stereocenters. The quantitative estimate of drug-likeness (QED) is 0.759. The maximum atomic E-state index is 10.8. The van der Waals surface area contributed by atoms with Crippen molar-refractivity contribution in [1.29, 1.82) is 0 Å². The molecular formula is C13H12O2. The molecule has 2 nitrogen and oxygen atoms in total. The van der Waals surface area contributed by atoms with Gasteiger partial charge in [0.25, 0.3) is 0 Å². The summed E-state index contributed by atoms with van der Waals surface area (Å²) >= 11 is 0. The smallest absolute Gasteiger partial charge is 0.304 e. The summed E-state index contributed by atoms with van der Waals surface area (Å²) in [6.07, 6.45) is 7.45. The molecule has 76 valence electrons. The zero-order chi connectivity index (χ0) is 10.9. The maximum Gasteiger partial charge on any atom is 0.304 e. The molecule has 1 aromatic carbocycles. The second-order valence-corrected chi connectivity index (χ2v) is 4.04. The predicted molar refractivity (Wildman–Crippen MR) is 57.5 cm³/mol. The molecule has 0 radical (unpaired) electrons. The van der Waals surface area contributed by atoms with Crippen LogP contribution in [0.3, 0.4) is 0 Å². The van der Waals surface area contributed by atoms with Gasteiger partial charge in [0.05, 0.1) is 6.42 Å². The highest BCUT2D eigenvalue weighted by Crippen LogP contribution is 2.51.